The lowest BCUT2D eigenvalue weighted by atomic mass is 10.0. The summed E-state index contributed by atoms with van der Waals surface area (Å²) in [6.45, 7) is 7.55. The molecule has 1 aromatic heterocycles. The largest absolute Gasteiger partial charge is 0.478 e. The molecule has 1 aromatic rings. The molecule has 0 fully saturated rings. The second-order valence-electron chi connectivity index (χ2n) is 5.50. The number of unbranched alkanes of at least 4 members (excludes halogenated alkanes) is 3. The van der Waals surface area contributed by atoms with Crippen molar-refractivity contribution in [2.45, 2.75) is 65.8 Å². The lowest BCUT2D eigenvalue weighted by molar-refractivity contribution is 0.0694. The van der Waals surface area contributed by atoms with Crippen molar-refractivity contribution >= 4 is 5.97 Å². The number of carbonyl (C=O) groups is 1. The number of hydrogen-bond acceptors (Lipinski definition) is 2. The molecule has 4 nitrogen and oxygen atoms in total. The first-order chi connectivity index (χ1) is 9.40. The van der Waals surface area contributed by atoms with Gasteiger partial charge in [0, 0.05) is 17.8 Å². The van der Waals surface area contributed by atoms with Gasteiger partial charge >= 0.3 is 5.97 Å². The van der Waals surface area contributed by atoms with Gasteiger partial charge in [0.25, 0.3) is 5.56 Å². The molecule has 112 valence electrons. The summed E-state index contributed by atoms with van der Waals surface area (Å²) in [6.07, 6.45) is 5.52. The molecule has 0 saturated carbocycles. The fraction of sp³-hybridized carbons (Fsp3) is 0.625. The second kappa shape index (κ2) is 7.27. The van der Waals surface area contributed by atoms with Crippen LogP contribution in [0, 0.1) is 13.8 Å². The van der Waals surface area contributed by atoms with E-state index in [1.54, 1.807) is 18.4 Å². The molecular weight excluding hydrogens is 254 g/mol. The number of rotatable bonds is 7. The predicted molar refractivity (Wildman–Crippen MR) is 80.6 cm³/mol. The second-order valence-corrected chi connectivity index (χ2v) is 5.50. The minimum Gasteiger partial charge on any atom is -0.478 e. The molecule has 0 spiro atoms. The van der Waals surface area contributed by atoms with Gasteiger partial charge in [-0.05, 0) is 32.8 Å². The van der Waals surface area contributed by atoms with Gasteiger partial charge in [-0.2, -0.15) is 0 Å². The van der Waals surface area contributed by atoms with E-state index in [1.807, 2.05) is 6.92 Å². The van der Waals surface area contributed by atoms with Crippen LogP contribution in [-0.2, 0) is 0 Å². The lowest BCUT2D eigenvalue weighted by Gasteiger charge is -2.20. The molecule has 0 radical (unpaired) electrons. The van der Waals surface area contributed by atoms with Crippen LogP contribution in [0.15, 0.2) is 10.9 Å². The Morgan fingerprint density at radius 1 is 1.30 bits per heavy atom. The van der Waals surface area contributed by atoms with Gasteiger partial charge in [0.2, 0.25) is 0 Å². The maximum Gasteiger partial charge on any atom is 0.337 e. The van der Waals surface area contributed by atoms with E-state index in [0.717, 1.165) is 19.3 Å². The summed E-state index contributed by atoms with van der Waals surface area (Å²) >= 11 is 0. The molecule has 0 aliphatic rings. The SMILES string of the molecule is CCCCCCC(C)n1c(C)c(C(=O)O)c(C)cc1=O. The zero-order valence-corrected chi connectivity index (χ0v) is 12.9. The highest BCUT2D eigenvalue weighted by Gasteiger charge is 2.18. The standard InChI is InChI=1S/C16H25NO3/c1-5-6-7-8-9-12(3)17-13(4)15(16(19)20)11(2)10-14(17)18/h10,12H,5-9H2,1-4H3,(H,19,20). The predicted octanol–water partition coefficient (Wildman–Crippen LogP) is 3.69. The van der Waals surface area contributed by atoms with E-state index < -0.39 is 5.97 Å². The molecule has 0 aromatic carbocycles. The fourth-order valence-corrected chi connectivity index (χ4v) is 2.76. The zero-order valence-electron chi connectivity index (χ0n) is 12.9. The molecule has 1 heterocycles. The molecule has 1 unspecified atom stereocenters. The number of carboxylic acid groups (broad SMARTS) is 1. The Morgan fingerprint density at radius 3 is 2.50 bits per heavy atom. The molecule has 1 atom stereocenters. The number of pyridine rings is 1. The number of aryl methyl sites for hydroxylation is 1. The van der Waals surface area contributed by atoms with E-state index in [0.29, 0.717) is 11.3 Å². The first kappa shape index (κ1) is 16.5. The maximum absolute atomic E-state index is 12.1. The molecule has 0 aliphatic heterocycles. The molecule has 1 N–H and O–H groups in total. The van der Waals surface area contributed by atoms with E-state index >= 15 is 0 Å². The molecule has 4 heteroatoms. The summed E-state index contributed by atoms with van der Waals surface area (Å²) < 4.78 is 1.63. The Morgan fingerprint density at radius 2 is 1.95 bits per heavy atom. The van der Waals surface area contributed by atoms with E-state index in [2.05, 4.69) is 6.92 Å². The van der Waals surface area contributed by atoms with Gasteiger partial charge in [-0.15, -0.1) is 0 Å². The monoisotopic (exact) mass is 279 g/mol. The highest BCUT2D eigenvalue weighted by Crippen LogP contribution is 2.19. The first-order valence-corrected chi connectivity index (χ1v) is 7.36. The molecule has 0 saturated heterocycles. The number of aromatic nitrogens is 1. The van der Waals surface area contributed by atoms with Gasteiger partial charge in [0.15, 0.2) is 0 Å². The van der Waals surface area contributed by atoms with Gasteiger partial charge in [0.05, 0.1) is 5.56 Å². The van der Waals surface area contributed by atoms with Crippen LogP contribution >= 0.6 is 0 Å². The van der Waals surface area contributed by atoms with Crippen LogP contribution in [0.2, 0.25) is 0 Å². The number of hydrogen-bond donors (Lipinski definition) is 1. The van der Waals surface area contributed by atoms with Gasteiger partial charge < -0.3 is 9.67 Å². The van der Waals surface area contributed by atoms with E-state index in [4.69, 9.17) is 0 Å². The van der Waals surface area contributed by atoms with Gasteiger partial charge in [-0.25, -0.2) is 4.79 Å². The summed E-state index contributed by atoms with van der Waals surface area (Å²) in [7, 11) is 0. The van der Waals surface area contributed by atoms with E-state index in [-0.39, 0.29) is 17.2 Å². The molecule has 1 rings (SSSR count). The average Bonchev–Trinajstić information content (AvgIpc) is 2.33. The summed E-state index contributed by atoms with van der Waals surface area (Å²) in [5.74, 6) is -0.966. The zero-order chi connectivity index (χ0) is 15.3. The topological polar surface area (TPSA) is 59.3 Å². The quantitative estimate of drug-likeness (QED) is 0.774. The van der Waals surface area contributed by atoms with Crippen LogP contribution in [0.1, 0.15) is 73.6 Å². The van der Waals surface area contributed by atoms with Crippen LogP contribution in [0.5, 0.6) is 0 Å². The van der Waals surface area contributed by atoms with Crippen molar-refractivity contribution in [3.63, 3.8) is 0 Å². The van der Waals surface area contributed by atoms with Crippen LogP contribution in [0.4, 0.5) is 0 Å². The molecular formula is C16H25NO3. The van der Waals surface area contributed by atoms with Crippen molar-refractivity contribution in [2.24, 2.45) is 0 Å². The number of nitrogens with zero attached hydrogens (tertiary/aromatic N) is 1. The third-order valence-electron chi connectivity index (χ3n) is 3.83. The summed E-state index contributed by atoms with van der Waals surface area (Å²) in [6, 6.07) is 1.47. The number of aromatic carboxylic acids is 1. The Labute approximate surface area is 120 Å². The van der Waals surface area contributed by atoms with Crippen molar-refractivity contribution in [1.29, 1.82) is 0 Å². The molecule has 0 bridgehead atoms. The van der Waals surface area contributed by atoms with Crippen LogP contribution in [-0.4, -0.2) is 15.6 Å². The average molecular weight is 279 g/mol. The van der Waals surface area contributed by atoms with E-state index in [9.17, 15) is 14.7 Å². The van der Waals surface area contributed by atoms with Crippen molar-refractivity contribution in [2.75, 3.05) is 0 Å². The van der Waals surface area contributed by atoms with Gasteiger partial charge in [0.1, 0.15) is 0 Å². The fourth-order valence-electron chi connectivity index (χ4n) is 2.76. The smallest absolute Gasteiger partial charge is 0.337 e. The van der Waals surface area contributed by atoms with Crippen molar-refractivity contribution < 1.29 is 9.90 Å². The Hall–Kier alpha value is -1.58. The van der Waals surface area contributed by atoms with Gasteiger partial charge in [-0.3, -0.25) is 4.79 Å². The molecule has 0 amide bonds. The van der Waals surface area contributed by atoms with Crippen molar-refractivity contribution in [1.82, 2.24) is 4.57 Å². The normalized spacial score (nSPS) is 12.4. The minimum absolute atomic E-state index is 0.0399. The minimum atomic E-state index is -0.966. The van der Waals surface area contributed by atoms with Crippen LogP contribution in [0.25, 0.3) is 0 Å². The Balaban J connectivity index is 3.02. The highest BCUT2D eigenvalue weighted by atomic mass is 16.4. The van der Waals surface area contributed by atoms with E-state index in [1.165, 1.54) is 18.9 Å². The summed E-state index contributed by atoms with van der Waals surface area (Å²) in [5.41, 5.74) is 1.25. The first-order valence-electron chi connectivity index (χ1n) is 7.36. The number of carboxylic acids is 1. The maximum atomic E-state index is 12.1. The van der Waals surface area contributed by atoms with Crippen LogP contribution in [0.3, 0.4) is 0 Å². The third-order valence-corrected chi connectivity index (χ3v) is 3.83. The Kier molecular flexibility index (Phi) is 5.99. The highest BCUT2D eigenvalue weighted by molar-refractivity contribution is 5.90. The summed E-state index contributed by atoms with van der Waals surface area (Å²) in [5, 5.41) is 9.27. The van der Waals surface area contributed by atoms with Crippen molar-refractivity contribution in [3.05, 3.63) is 33.2 Å². The van der Waals surface area contributed by atoms with Crippen molar-refractivity contribution in [3.8, 4) is 0 Å². The lowest BCUT2D eigenvalue weighted by Crippen LogP contribution is -2.28. The molecule has 0 aliphatic carbocycles. The summed E-state index contributed by atoms with van der Waals surface area (Å²) in [4.78, 5) is 23.4. The third kappa shape index (κ3) is 3.71. The Bertz CT molecular complexity index is 531. The van der Waals surface area contributed by atoms with Crippen LogP contribution < -0.4 is 5.56 Å². The van der Waals surface area contributed by atoms with Gasteiger partial charge in [-0.1, -0.05) is 32.6 Å². The molecule has 20 heavy (non-hydrogen) atoms.